The Morgan fingerprint density at radius 2 is 2.23 bits per heavy atom. The lowest BCUT2D eigenvalue weighted by Crippen LogP contribution is -2.50. The molecule has 1 atom stereocenters. The van der Waals surface area contributed by atoms with E-state index in [1.807, 2.05) is 35.1 Å². The summed E-state index contributed by atoms with van der Waals surface area (Å²) in [6, 6.07) is 9.98. The van der Waals surface area contributed by atoms with Crippen molar-refractivity contribution < 1.29 is 9.53 Å². The smallest absolute Gasteiger partial charge is 0.269 e. The summed E-state index contributed by atoms with van der Waals surface area (Å²) >= 11 is 0. The summed E-state index contributed by atoms with van der Waals surface area (Å²) < 4.78 is 7.32. The molecule has 1 amide bonds. The topological polar surface area (TPSA) is 106 Å². The third-order valence-electron chi connectivity index (χ3n) is 6.04. The number of hydrogen-bond acceptors (Lipinski definition) is 6. The van der Waals surface area contributed by atoms with Crippen LogP contribution in [0.5, 0.6) is 0 Å². The van der Waals surface area contributed by atoms with Gasteiger partial charge < -0.3 is 4.74 Å². The van der Waals surface area contributed by atoms with E-state index in [-0.39, 0.29) is 23.5 Å². The Labute approximate surface area is 178 Å². The lowest BCUT2D eigenvalue weighted by molar-refractivity contribution is -0.113. The van der Waals surface area contributed by atoms with Crippen molar-refractivity contribution in [3.05, 3.63) is 54.5 Å². The van der Waals surface area contributed by atoms with E-state index >= 15 is 0 Å². The zero-order valence-corrected chi connectivity index (χ0v) is 17.0. The number of carbonyl (C=O) groups excluding carboxylic acids is 1. The predicted molar refractivity (Wildman–Crippen MR) is 114 cm³/mol. The highest BCUT2D eigenvalue weighted by molar-refractivity contribution is 5.99. The van der Waals surface area contributed by atoms with E-state index in [0.29, 0.717) is 17.8 Å². The highest BCUT2D eigenvalue weighted by atomic mass is 16.5. The zero-order chi connectivity index (χ0) is 21.4. The van der Waals surface area contributed by atoms with Gasteiger partial charge in [0, 0.05) is 37.2 Å². The van der Waals surface area contributed by atoms with Crippen LogP contribution in [0.3, 0.4) is 0 Å². The molecule has 8 nitrogen and oxygen atoms in total. The van der Waals surface area contributed by atoms with Gasteiger partial charge in [-0.2, -0.15) is 10.4 Å². The zero-order valence-electron chi connectivity index (χ0n) is 17.0. The number of aliphatic imine (C=N–C) groups is 1. The van der Waals surface area contributed by atoms with Crippen LogP contribution in [0.1, 0.15) is 30.9 Å². The summed E-state index contributed by atoms with van der Waals surface area (Å²) in [7, 11) is 1.70. The molecule has 0 N–H and O–H groups in total. The number of nitrogens with zero attached hydrogens (tertiary/aromatic N) is 6. The van der Waals surface area contributed by atoms with E-state index in [9.17, 15) is 10.1 Å². The van der Waals surface area contributed by atoms with Crippen LogP contribution < -0.4 is 0 Å². The molecular formula is C23H20N6O2. The number of allylic oxidation sites excluding steroid dienone is 1. The fourth-order valence-corrected chi connectivity index (χ4v) is 4.30. The number of ether oxygens (including phenoxy) is 1. The van der Waals surface area contributed by atoms with Gasteiger partial charge in [0.15, 0.2) is 0 Å². The number of dihydropyridines is 1. The molecule has 0 bridgehead atoms. The average Bonchev–Trinajstić information content (AvgIpc) is 3.26. The standard InChI is InChI=1S/C23H20N6O2/c1-31-16-12-23(13-16,7-8-24)29-10-6-18(28-29)22-17-3-2-9-25-20(17)11-19(27-22)15-4-5-21(30)26-14-15/h2-6,9-11,14-16H,7,12-13H2,1H3. The quantitative estimate of drug-likeness (QED) is 0.637. The molecule has 0 saturated heterocycles. The van der Waals surface area contributed by atoms with Gasteiger partial charge in [-0.3, -0.25) is 14.5 Å². The molecule has 3 aromatic heterocycles. The fraction of sp³-hybridized carbons (Fsp3) is 0.304. The van der Waals surface area contributed by atoms with Crippen LogP contribution in [0.2, 0.25) is 0 Å². The summed E-state index contributed by atoms with van der Waals surface area (Å²) in [5.74, 6) is -0.476. The first-order valence-electron chi connectivity index (χ1n) is 10.1. The molecule has 4 heterocycles. The van der Waals surface area contributed by atoms with Gasteiger partial charge in [0.1, 0.15) is 11.4 Å². The van der Waals surface area contributed by atoms with Gasteiger partial charge in [-0.15, -0.1) is 0 Å². The molecule has 1 aliphatic carbocycles. The van der Waals surface area contributed by atoms with Crippen molar-refractivity contribution in [2.24, 2.45) is 4.99 Å². The minimum absolute atomic E-state index is 0.146. The number of nitriles is 1. The van der Waals surface area contributed by atoms with Crippen LogP contribution in [0.25, 0.3) is 22.3 Å². The molecule has 0 spiro atoms. The Bertz CT molecular complexity index is 1250. The van der Waals surface area contributed by atoms with E-state index in [2.05, 4.69) is 16.0 Å². The second-order valence-electron chi connectivity index (χ2n) is 7.94. The Kier molecular flexibility index (Phi) is 4.68. The Balaban J connectivity index is 1.58. The van der Waals surface area contributed by atoms with E-state index in [1.165, 1.54) is 6.08 Å². The Hall–Kier alpha value is -3.70. The monoisotopic (exact) mass is 412 g/mol. The van der Waals surface area contributed by atoms with Crippen LogP contribution in [0.4, 0.5) is 0 Å². The molecule has 0 aromatic carbocycles. The summed E-state index contributed by atoms with van der Waals surface area (Å²) in [6.45, 7) is 0. The second kappa shape index (κ2) is 7.52. The SMILES string of the molecule is COC1CC(CC#N)(n2ccc(-c3nc(C4C=CC(=O)N=C4)cc4ncccc34)n2)C1. The molecule has 1 saturated carbocycles. The summed E-state index contributed by atoms with van der Waals surface area (Å²) in [5.41, 5.74) is 2.63. The average molecular weight is 412 g/mol. The van der Waals surface area contributed by atoms with Crippen molar-refractivity contribution in [3.8, 4) is 17.5 Å². The molecule has 8 heteroatoms. The minimum Gasteiger partial charge on any atom is -0.381 e. The maximum atomic E-state index is 11.4. The van der Waals surface area contributed by atoms with E-state index in [0.717, 1.165) is 29.4 Å². The van der Waals surface area contributed by atoms with Crippen LogP contribution in [-0.4, -0.2) is 45.1 Å². The molecule has 0 radical (unpaired) electrons. The molecular weight excluding hydrogens is 392 g/mol. The highest BCUT2D eigenvalue weighted by Gasteiger charge is 2.47. The van der Waals surface area contributed by atoms with Crippen LogP contribution in [0, 0.1) is 11.3 Å². The molecule has 3 aromatic rings. The molecule has 5 rings (SSSR count). The molecule has 154 valence electrons. The maximum absolute atomic E-state index is 11.4. The first-order valence-corrected chi connectivity index (χ1v) is 10.1. The van der Waals surface area contributed by atoms with Crippen molar-refractivity contribution in [1.29, 1.82) is 5.26 Å². The number of hydrogen-bond donors (Lipinski definition) is 0. The highest BCUT2D eigenvalue weighted by Crippen LogP contribution is 2.43. The normalized spacial score (nSPS) is 24.8. The molecule has 2 aliphatic rings. The van der Waals surface area contributed by atoms with Crippen molar-refractivity contribution in [1.82, 2.24) is 19.7 Å². The molecule has 1 fully saturated rings. The summed E-state index contributed by atoms with van der Waals surface area (Å²) in [4.78, 5) is 24.7. The van der Waals surface area contributed by atoms with E-state index < -0.39 is 0 Å². The third kappa shape index (κ3) is 3.33. The van der Waals surface area contributed by atoms with Gasteiger partial charge in [-0.05, 0) is 37.1 Å². The van der Waals surface area contributed by atoms with Gasteiger partial charge in [0.2, 0.25) is 0 Å². The lowest BCUT2D eigenvalue weighted by atomic mass is 9.72. The summed E-state index contributed by atoms with van der Waals surface area (Å²) in [5, 5.41) is 15.1. The first-order chi connectivity index (χ1) is 15.1. The number of methoxy groups -OCH3 is 1. The van der Waals surface area contributed by atoms with Gasteiger partial charge in [0.05, 0.1) is 41.3 Å². The van der Waals surface area contributed by atoms with Gasteiger partial charge >= 0.3 is 0 Å². The van der Waals surface area contributed by atoms with Gasteiger partial charge in [0.25, 0.3) is 5.91 Å². The lowest BCUT2D eigenvalue weighted by Gasteiger charge is -2.45. The maximum Gasteiger partial charge on any atom is 0.269 e. The second-order valence-corrected chi connectivity index (χ2v) is 7.94. The minimum atomic E-state index is -0.349. The predicted octanol–water partition coefficient (Wildman–Crippen LogP) is 3.16. The molecule has 31 heavy (non-hydrogen) atoms. The Morgan fingerprint density at radius 3 is 2.97 bits per heavy atom. The Morgan fingerprint density at radius 1 is 1.35 bits per heavy atom. The molecule has 1 unspecified atom stereocenters. The summed E-state index contributed by atoms with van der Waals surface area (Å²) in [6.07, 6.45) is 10.5. The van der Waals surface area contributed by atoms with Gasteiger partial charge in [-0.25, -0.2) is 9.98 Å². The fourth-order valence-electron chi connectivity index (χ4n) is 4.30. The molecule has 1 aliphatic heterocycles. The van der Waals surface area contributed by atoms with Crippen molar-refractivity contribution >= 4 is 23.0 Å². The van der Waals surface area contributed by atoms with Crippen molar-refractivity contribution in [3.63, 3.8) is 0 Å². The van der Waals surface area contributed by atoms with Crippen LogP contribution in [-0.2, 0) is 15.1 Å². The number of fused-ring (bicyclic) bond motifs is 1. The number of amides is 1. The number of carbonyl (C=O) groups is 1. The third-order valence-corrected chi connectivity index (χ3v) is 6.04. The van der Waals surface area contributed by atoms with Crippen LogP contribution in [0.15, 0.2) is 53.8 Å². The van der Waals surface area contributed by atoms with E-state index in [1.54, 1.807) is 25.6 Å². The van der Waals surface area contributed by atoms with Crippen molar-refractivity contribution in [2.75, 3.05) is 7.11 Å². The number of pyridine rings is 2. The van der Waals surface area contributed by atoms with Crippen LogP contribution >= 0.6 is 0 Å². The number of aromatic nitrogens is 4. The van der Waals surface area contributed by atoms with Gasteiger partial charge in [-0.1, -0.05) is 6.08 Å². The largest absolute Gasteiger partial charge is 0.381 e. The first kappa shape index (κ1) is 19.3. The van der Waals surface area contributed by atoms with E-state index in [4.69, 9.17) is 14.8 Å². The number of rotatable bonds is 5. The van der Waals surface area contributed by atoms with Crippen molar-refractivity contribution in [2.45, 2.75) is 36.8 Å².